The molecule has 0 spiro atoms. The van der Waals surface area contributed by atoms with Gasteiger partial charge in [-0.15, -0.1) is 11.3 Å². The van der Waals surface area contributed by atoms with Crippen molar-refractivity contribution in [1.29, 1.82) is 0 Å². The molecule has 0 aliphatic heterocycles. The summed E-state index contributed by atoms with van der Waals surface area (Å²) in [6, 6.07) is 9.93. The summed E-state index contributed by atoms with van der Waals surface area (Å²) in [4.78, 5) is 13.4. The molecular formula is C16H17BrO2S. The predicted molar refractivity (Wildman–Crippen MR) is 86.7 cm³/mol. The van der Waals surface area contributed by atoms with Gasteiger partial charge < -0.3 is 4.74 Å². The van der Waals surface area contributed by atoms with Crippen LogP contribution in [0, 0.1) is 0 Å². The minimum atomic E-state index is 0.262. The first-order chi connectivity index (χ1) is 9.69. The van der Waals surface area contributed by atoms with Crippen LogP contribution in [0.3, 0.4) is 0 Å². The Bertz CT molecular complexity index is 564. The van der Waals surface area contributed by atoms with Crippen LogP contribution in [0.25, 0.3) is 0 Å². The van der Waals surface area contributed by atoms with Gasteiger partial charge in [-0.2, -0.15) is 0 Å². The number of carbonyl (C=O) groups excluding carboxylic acids is 1. The SMILES string of the molecule is COc1ccc(Br)cc1CC(=O)CCCc1cccs1. The van der Waals surface area contributed by atoms with Crippen LogP contribution >= 0.6 is 27.3 Å². The summed E-state index contributed by atoms with van der Waals surface area (Å²) in [7, 11) is 1.63. The Morgan fingerprint density at radius 3 is 2.90 bits per heavy atom. The first-order valence-corrected chi connectivity index (χ1v) is 8.23. The van der Waals surface area contributed by atoms with Crippen LogP contribution in [0.2, 0.25) is 0 Å². The molecule has 2 aromatic rings. The van der Waals surface area contributed by atoms with Crippen molar-refractivity contribution in [3.63, 3.8) is 0 Å². The highest BCUT2D eigenvalue weighted by molar-refractivity contribution is 9.10. The van der Waals surface area contributed by atoms with Crippen molar-refractivity contribution in [2.75, 3.05) is 7.11 Å². The first-order valence-electron chi connectivity index (χ1n) is 6.55. The summed E-state index contributed by atoms with van der Waals surface area (Å²) in [6.07, 6.45) is 2.95. The van der Waals surface area contributed by atoms with Gasteiger partial charge in [-0.05, 0) is 42.5 Å². The number of benzene rings is 1. The van der Waals surface area contributed by atoms with Gasteiger partial charge >= 0.3 is 0 Å². The number of thiophene rings is 1. The van der Waals surface area contributed by atoms with Gasteiger partial charge in [-0.25, -0.2) is 0 Å². The largest absolute Gasteiger partial charge is 0.496 e. The fourth-order valence-corrected chi connectivity index (χ4v) is 3.26. The lowest BCUT2D eigenvalue weighted by molar-refractivity contribution is -0.118. The predicted octanol–water partition coefficient (Wildman–Crippen LogP) is 4.65. The molecule has 0 aliphatic carbocycles. The summed E-state index contributed by atoms with van der Waals surface area (Å²) in [5.74, 6) is 1.04. The van der Waals surface area contributed by atoms with Crippen molar-refractivity contribution in [2.24, 2.45) is 0 Å². The van der Waals surface area contributed by atoms with E-state index in [0.29, 0.717) is 12.8 Å². The van der Waals surface area contributed by atoms with Crippen molar-refractivity contribution in [2.45, 2.75) is 25.7 Å². The lowest BCUT2D eigenvalue weighted by Crippen LogP contribution is -2.04. The first kappa shape index (κ1) is 15.3. The molecule has 0 amide bonds. The summed E-state index contributed by atoms with van der Waals surface area (Å²) in [6.45, 7) is 0. The lowest BCUT2D eigenvalue weighted by atomic mass is 10.0. The Morgan fingerprint density at radius 2 is 2.20 bits per heavy atom. The van der Waals surface area contributed by atoms with E-state index < -0.39 is 0 Å². The molecule has 0 fully saturated rings. The second kappa shape index (κ2) is 7.60. The molecule has 20 heavy (non-hydrogen) atoms. The van der Waals surface area contributed by atoms with Crippen LogP contribution in [0.1, 0.15) is 23.3 Å². The normalized spacial score (nSPS) is 10.5. The van der Waals surface area contributed by atoms with Gasteiger partial charge in [0.1, 0.15) is 11.5 Å². The van der Waals surface area contributed by atoms with Crippen molar-refractivity contribution in [3.05, 3.63) is 50.6 Å². The molecule has 1 heterocycles. The Kier molecular flexibility index (Phi) is 5.80. The number of hydrogen-bond acceptors (Lipinski definition) is 3. The van der Waals surface area contributed by atoms with Gasteiger partial charge in [0.05, 0.1) is 7.11 Å². The maximum absolute atomic E-state index is 12.1. The maximum atomic E-state index is 12.1. The van der Waals surface area contributed by atoms with Gasteiger partial charge in [-0.3, -0.25) is 4.79 Å². The van der Waals surface area contributed by atoms with E-state index in [1.165, 1.54) is 4.88 Å². The molecular weight excluding hydrogens is 336 g/mol. The van der Waals surface area contributed by atoms with Crippen molar-refractivity contribution < 1.29 is 9.53 Å². The second-order valence-electron chi connectivity index (χ2n) is 4.60. The number of aryl methyl sites for hydroxylation is 1. The molecule has 0 saturated carbocycles. The van der Waals surface area contributed by atoms with Gasteiger partial charge in [0.25, 0.3) is 0 Å². The number of carbonyl (C=O) groups is 1. The molecule has 0 saturated heterocycles. The topological polar surface area (TPSA) is 26.3 Å². The van der Waals surface area contributed by atoms with Gasteiger partial charge in [0.2, 0.25) is 0 Å². The quantitative estimate of drug-likeness (QED) is 0.724. The highest BCUT2D eigenvalue weighted by Gasteiger charge is 2.09. The average molecular weight is 353 g/mol. The Labute approximate surface area is 131 Å². The third-order valence-corrected chi connectivity index (χ3v) is 4.52. The Hall–Kier alpha value is -1.13. The standard InChI is InChI=1S/C16H17BrO2S/c1-19-16-8-7-13(17)10-12(16)11-14(18)4-2-5-15-6-3-9-20-15/h3,6-10H,2,4-5,11H2,1H3. The third-order valence-electron chi connectivity index (χ3n) is 3.09. The van der Waals surface area contributed by atoms with E-state index in [-0.39, 0.29) is 5.78 Å². The number of halogens is 1. The summed E-state index contributed by atoms with van der Waals surface area (Å²) in [5, 5.41) is 2.07. The van der Waals surface area contributed by atoms with E-state index in [0.717, 1.165) is 28.6 Å². The molecule has 1 aromatic heterocycles. The molecule has 0 N–H and O–H groups in total. The summed E-state index contributed by atoms with van der Waals surface area (Å²) < 4.78 is 6.27. The van der Waals surface area contributed by atoms with E-state index >= 15 is 0 Å². The minimum absolute atomic E-state index is 0.262. The molecule has 0 atom stereocenters. The minimum Gasteiger partial charge on any atom is -0.496 e. The number of rotatable bonds is 7. The van der Waals surface area contributed by atoms with E-state index in [2.05, 4.69) is 27.4 Å². The molecule has 0 radical (unpaired) electrons. The van der Waals surface area contributed by atoms with Crippen molar-refractivity contribution in [1.82, 2.24) is 0 Å². The van der Waals surface area contributed by atoms with Crippen LogP contribution in [0.4, 0.5) is 0 Å². The molecule has 2 nitrogen and oxygen atoms in total. The molecule has 0 bridgehead atoms. The van der Waals surface area contributed by atoms with Crippen molar-refractivity contribution >= 4 is 33.0 Å². The van der Waals surface area contributed by atoms with Crippen LogP contribution in [0.5, 0.6) is 5.75 Å². The molecule has 106 valence electrons. The number of hydrogen-bond donors (Lipinski definition) is 0. The molecule has 1 aromatic carbocycles. The highest BCUT2D eigenvalue weighted by atomic mass is 79.9. The van der Waals surface area contributed by atoms with Gasteiger partial charge in [-0.1, -0.05) is 22.0 Å². The highest BCUT2D eigenvalue weighted by Crippen LogP contribution is 2.24. The van der Waals surface area contributed by atoms with E-state index in [4.69, 9.17) is 4.74 Å². The van der Waals surface area contributed by atoms with Crippen LogP contribution in [-0.2, 0) is 17.6 Å². The van der Waals surface area contributed by atoms with Crippen molar-refractivity contribution in [3.8, 4) is 5.75 Å². The molecule has 0 unspecified atom stereocenters. The van der Waals surface area contributed by atoms with E-state index in [1.54, 1.807) is 18.4 Å². The van der Waals surface area contributed by atoms with E-state index in [1.807, 2.05) is 24.3 Å². The van der Waals surface area contributed by atoms with E-state index in [9.17, 15) is 4.79 Å². The average Bonchev–Trinajstić information content (AvgIpc) is 2.92. The molecule has 4 heteroatoms. The number of ether oxygens (including phenoxy) is 1. The molecule has 0 aliphatic rings. The zero-order valence-electron chi connectivity index (χ0n) is 11.4. The van der Waals surface area contributed by atoms with Crippen LogP contribution in [-0.4, -0.2) is 12.9 Å². The maximum Gasteiger partial charge on any atom is 0.137 e. The smallest absolute Gasteiger partial charge is 0.137 e. The zero-order valence-corrected chi connectivity index (χ0v) is 13.8. The Balaban J connectivity index is 1.86. The third kappa shape index (κ3) is 4.46. The lowest BCUT2D eigenvalue weighted by Gasteiger charge is -2.08. The summed E-state index contributed by atoms with van der Waals surface area (Å²) in [5.41, 5.74) is 0.947. The number of ketones is 1. The van der Waals surface area contributed by atoms with Gasteiger partial charge in [0, 0.05) is 27.8 Å². The fourth-order valence-electron chi connectivity index (χ4n) is 2.10. The number of Topliss-reactive ketones (excluding diaryl/α,β-unsaturated/α-hetero) is 1. The second-order valence-corrected chi connectivity index (χ2v) is 6.55. The zero-order chi connectivity index (χ0) is 14.4. The molecule has 2 rings (SSSR count). The number of methoxy groups -OCH3 is 1. The summed E-state index contributed by atoms with van der Waals surface area (Å²) >= 11 is 5.18. The van der Waals surface area contributed by atoms with Crippen LogP contribution in [0.15, 0.2) is 40.2 Å². The van der Waals surface area contributed by atoms with Crippen LogP contribution < -0.4 is 4.74 Å². The monoisotopic (exact) mass is 352 g/mol. The fraction of sp³-hybridized carbons (Fsp3) is 0.312. The van der Waals surface area contributed by atoms with Gasteiger partial charge in [0.15, 0.2) is 0 Å². The Morgan fingerprint density at radius 1 is 1.35 bits per heavy atom.